The molecule has 0 radical (unpaired) electrons. The van der Waals surface area contributed by atoms with Crippen LogP contribution in [-0.2, 0) is 0 Å². The van der Waals surface area contributed by atoms with Gasteiger partial charge in [-0.25, -0.2) is 0 Å². The van der Waals surface area contributed by atoms with Crippen molar-refractivity contribution >= 4 is 11.8 Å². The van der Waals surface area contributed by atoms with Gasteiger partial charge in [-0.2, -0.15) is 0 Å². The van der Waals surface area contributed by atoms with E-state index in [1.54, 1.807) is 11.8 Å². The number of rotatable bonds is 4. The molecule has 0 spiro atoms. The van der Waals surface area contributed by atoms with Gasteiger partial charge in [0.25, 0.3) is 0 Å². The van der Waals surface area contributed by atoms with Crippen molar-refractivity contribution in [1.29, 1.82) is 0 Å². The lowest BCUT2D eigenvalue weighted by Gasteiger charge is -1.96. The molecule has 0 aliphatic carbocycles. The Morgan fingerprint density at radius 1 is 1.45 bits per heavy atom. The minimum absolute atomic E-state index is 0.621. The lowest BCUT2D eigenvalue weighted by molar-refractivity contribution is 0.831. The monoisotopic (exact) mass is 168 g/mol. The predicted octanol–water partition coefficient (Wildman–Crippen LogP) is 3.63. The molecule has 0 bridgehead atoms. The van der Waals surface area contributed by atoms with Gasteiger partial charge in [-0.15, -0.1) is 11.8 Å². The molecule has 0 aliphatic rings. The molecule has 0 aromatic heterocycles. The van der Waals surface area contributed by atoms with Crippen molar-refractivity contribution in [1.82, 2.24) is 0 Å². The average Bonchev–Trinajstić information content (AvgIpc) is 1.97. The van der Waals surface area contributed by atoms with Crippen LogP contribution in [0.4, 0.5) is 0 Å². The number of allylic oxidation sites excluding steroid dienone is 4. The summed E-state index contributed by atoms with van der Waals surface area (Å²) in [5.74, 6) is 0.621. The first kappa shape index (κ1) is 10.6. The minimum atomic E-state index is 0.621. The van der Waals surface area contributed by atoms with Gasteiger partial charge in [0.15, 0.2) is 0 Å². The predicted molar refractivity (Wildman–Crippen MR) is 55.8 cm³/mol. The highest BCUT2D eigenvalue weighted by Crippen LogP contribution is 2.13. The first-order chi connectivity index (χ1) is 5.20. The number of thioether (sulfide) groups is 1. The summed E-state index contributed by atoms with van der Waals surface area (Å²) in [4.78, 5) is 1.26. The van der Waals surface area contributed by atoms with Crippen LogP contribution in [0.1, 0.15) is 13.8 Å². The second kappa shape index (κ2) is 6.29. The zero-order valence-corrected chi connectivity index (χ0v) is 8.32. The van der Waals surface area contributed by atoms with Crippen LogP contribution in [0.15, 0.2) is 35.8 Å². The lowest BCUT2D eigenvalue weighted by atomic mass is 10.2. The summed E-state index contributed by atoms with van der Waals surface area (Å²) < 4.78 is 0. The molecule has 0 aromatic carbocycles. The van der Waals surface area contributed by atoms with Gasteiger partial charge in [0.1, 0.15) is 0 Å². The molecule has 0 nitrogen and oxygen atoms in total. The molecule has 0 rings (SSSR count). The van der Waals surface area contributed by atoms with E-state index in [4.69, 9.17) is 0 Å². The third-order valence-electron chi connectivity index (χ3n) is 1.16. The van der Waals surface area contributed by atoms with Crippen molar-refractivity contribution in [3.05, 3.63) is 35.8 Å². The summed E-state index contributed by atoms with van der Waals surface area (Å²) >= 11 is 1.74. The van der Waals surface area contributed by atoms with Crippen LogP contribution >= 0.6 is 11.8 Å². The summed E-state index contributed by atoms with van der Waals surface area (Å²) in [6.45, 7) is 7.99. The Bertz CT molecular complexity index is 164. The lowest BCUT2D eigenvalue weighted by Crippen LogP contribution is -1.77. The Morgan fingerprint density at radius 2 is 2.09 bits per heavy atom. The normalized spacial score (nSPS) is 12.9. The molecule has 0 atom stereocenters. The molecule has 0 N–H and O–H groups in total. The van der Waals surface area contributed by atoms with Crippen LogP contribution in [0.2, 0.25) is 0 Å². The van der Waals surface area contributed by atoms with E-state index in [1.807, 2.05) is 12.2 Å². The SMILES string of the molecule is C=C/C=C(\C=C/C(C)C)SC. The van der Waals surface area contributed by atoms with Gasteiger partial charge in [0.05, 0.1) is 0 Å². The number of hydrogen-bond donors (Lipinski definition) is 0. The molecular formula is C10H16S. The highest BCUT2D eigenvalue weighted by atomic mass is 32.2. The molecule has 0 saturated heterocycles. The molecule has 11 heavy (non-hydrogen) atoms. The molecule has 0 aliphatic heterocycles. The summed E-state index contributed by atoms with van der Waals surface area (Å²) in [7, 11) is 0. The fourth-order valence-electron chi connectivity index (χ4n) is 0.595. The molecule has 1 heteroatoms. The largest absolute Gasteiger partial charge is 0.130 e. The molecule has 0 saturated carbocycles. The van der Waals surface area contributed by atoms with Crippen molar-refractivity contribution in [2.75, 3.05) is 6.26 Å². The molecule has 0 amide bonds. The van der Waals surface area contributed by atoms with E-state index in [2.05, 4.69) is 38.8 Å². The summed E-state index contributed by atoms with van der Waals surface area (Å²) in [6, 6.07) is 0. The summed E-state index contributed by atoms with van der Waals surface area (Å²) in [5.41, 5.74) is 0. The van der Waals surface area contributed by atoms with Gasteiger partial charge in [-0.3, -0.25) is 0 Å². The zero-order chi connectivity index (χ0) is 8.69. The Labute approximate surface area is 74.1 Å². The second-order valence-electron chi connectivity index (χ2n) is 2.61. The molecule has 0 heterocycles. The number of hydrogen-bond acceptors (Lipinski definition) is 1. The van der Waals surface area contributed by atoms with E-state index >= 15 is 0 Å². The van der Waals surface area contributed by atoms with E-state index in [0.29, 0.717) is 5.92 Å². The maximum atomic E-state index is 3.65. The van der Waals surface area contributed by atoms with Crippen molar-refractivity contribution in [2.24, 2.45) is 5.92 Å². The van der Waals surface area contributed by atoms with E-state index in [9.17, 15) is 0 Å². The first-order valence-corrected chi connectivity index (χ1v) is 4.98. The standard InChI is InChI=1S/C10H16S/c1-5-6-10(11-4)8-7-9(2)3/h5-9H,1H2,2-4H3/b8-7-,10-6+. The van der Waals surface area contributed by atoms with Crippen molar-refractivity contribution in [3.63, 3.8) is 0 Å². The van der Waals surface area contributed by atoms with Crippen LogP contribution in [0.3, 0.4) is 0 Å². The van der Waals surface area contributed by atoms with Crippen molar-refractivity contribution < 1.29 is 0 Å². The summed E-state index contributed by atoms with van der Waals surface area (Å²) in [6.07, 6.45) is 10.2. The third kappa shape index (κ3) is 5.99. The quantitative estimate of drug-likeness (QED) is 0.578. The molecule has 0 unspecified atom stereocenters. The second-order valence-corrected chi connectivity index (χ2v) is 3.49. The summed E-state index contributed by atoms with van der Waals surface area (Å²) in [5, 5.41) is 0. The first-order valence-electron chi connectivity index (χ1n) is 3.75. The maximum Gasteiger partial charge on any atom is 0.00658 e. The van der Waals surface area contributed by atoms with Gasteiger partial charge in [0, 0.05) is 4.91 Å². The van der Waals surface area contributed by atoms with Crippen molar-refractivity contribution in [2.45, 2.75) is 13.8 Å². The zero-order valence-electron chi connectivity index (χ0n) is 7.50. The van der Waals surface area contributed by atoms with Crippen LogP contribution < -0.4 is 0 Å². The van der Waals surface area contributed by atoms with Gasteiger partial charge in [-0.05, 0) is 18.2 Å². The molecule has 0 aromatic rings. The van der Waals surface area contributed by atoms with E-state index in [0.717, 1.165) is 0 Å². The third-order valence-corrected chi connectivity index (χ3v) is 1.91. The highest BCUT2D eigenvalue weighted by molar-refractivity contribution is 8.02. The Morgan fingerprint density at radius 3 is 2.45 bits per heavy atom. The van der Waals surface area contributed by atoms with E-state index < -0.39 is 0 Å². The van der Waals surface area contributed by atoms with Gasteiger partial charge in [-0.1, -0.05) is 38.7 Å². The Hall–Kier alpha value is -0.430. The maximum absolute atomic E-state index is 3.65. The van der Waals surface area contributed by atoms with Gasteiger partial charge in [0.2, 0.25) is 0 Å². The average molecular weight is 168 g/mol. The van der Waals surface area contributed by atoms with Crippen LogP contribution in [0, 0.1) is 5.92 Å². The highest BCUT2D eigenvalue weighted by Gasteiger charge is 1.87. The van der Waals surface area contributed by atoms with E-state index in [-0.39, 0.29) is 0 Å². The Balaban J connectivity index is 4.07. The van der Waals surface area contributed by atoms with Crippen LogP contribution in [0.25, 0.3) is 0 Å². The van der Waals surface area contributed by atoms with Crippen LogP contribution in [0.5, 0.6) is 0 Å². The fraction of sp³-hybridized carbons (Fsp3) is 0.400. The van der Waals surface area contributed by atoms with Gasteiger partial charge >= 0.3 is 0 Å². The fourth-order valence-corrected chi connectivity index (χ4v) is 1.04. The van der Waals surface area contributed by atoms with Crippen LogP contribution in [-0.4, -0.2) is 6.26 Å². The minimum Gasteiger partial charge on any atom is -0.130 e. The smallest absolute Gasteiger partial charge is 0.00658 e. The molecule has 0 fully saturated rings. The molecular weight excluding hydrogens is 152 g/mol. The van der Waals surface area contributed by atoms with Gasteiger partial charge < -0.3 is 0 Å². The topological polar surface area (TPSA) is 0 Å². The van der Waals surface area contributed by atoms with E-state index in [1.165, 1.54) is 4.91 Å². The van der Waals surface area contributed by atoms with Crippen molar-refractivity contribution in [3.8, 4) is 0 Å². The molecule has 62 valence electrons. The Kier molecular flexibility index (Phi) is 6.05.